The standard InChI is InChI=1S/C58H79N11O17S/c1-9-29(6)48(69-52(78)41(24-46(59)74)66-51(77)40(20-27(2)3)65-53(79)43(26-71)68-54(80)42(25-70)67-49(75)30(7)61-28(4)5)55(81)62-31(8)50(76)64-39(57(84)85)12-10-11-19-60-58(87)63-32-13-16-35(38(21-32)56(82)83)47-36-17-14-33(72)22-44(36)86-45-23-34(73)15-18-37(45)47/h13-18,21-23,27-31,39-43,48,61,70-72H,9-12,19-20,24-26H2,1-8H3,(H2,59,74)(H,62,81)(H,64,76)(H,65,79)(H,66,77)(H,67,75)(H,68,80)(H,69,78)(H,82,83)(H,84,85)(H2,60,63,87)/t29-,30-,31-,39-,40-,41-,42-,43-,48-/m0/s1. The molecular weight excluding hydrogens is 1150 g/mol. The summed E-state index contributed by atoms with van der Waals surface area (Å²) >= 11 is 5.45. The molecule has 0 aromatic heterocycles. The number of anilines is 1. The van der Waals surface area contributed by atoms with Crippen LogP contribution in [0.25, 0.3) is 33.4 Å². The minimum atomic E-state index is -1.73. The fraction of sp³-hybridized carbons (Fsp3) is 0.483. The van der Waals surface area contributed by atoms with Gasteiger partial charge in [-0.2, -0.15) is 0 Å². The van der Waals surface area contributed by atoms with Gasteiger partial charge in [0.15, 0.2) is 10.5 Å². The van der Waals surface area contributed by atoms with Crippen molar-refractivity contribution in [2.45, 2.75) is 148 Å². The van der Waals surface area contributed by atoms with Crippen molar-refractivity contribution in [1.82, 2.24) is 47.9 Å². The predicted octanol–water partition coefficient (Wildman–Crippen LogP) is 0.262. The van der Waals surface area contributed by atoms with E-state index in [1.165, 1.54) is 50.2 Å². The molecule has 2 aliphatic rings. The summed E-state index contributed by atoms with van der Waals surface area (Å²) in [6.45, 7) is 11.5. The zero-order chi connectivity index (χ0) is 65.0. The van der Waals surface area contributed by atoms with Gasteiger partial charge in [0.25, 0.3) is 0 Å². The lowest BCUT2D eigenvalue weighted by molar-refractivity contribution is -0.142. The highest BCUT2D eigenvalue weighted by atomic mass is 32.1. The van der Waals surface area contributed by atoms with Gasteiger partial charge in [-0.1, -0.05) is 54.0 Å². The SMILES string of the molecule is CC[C@H](C)[C@H](NC(=O)[C@H](CC(N)=O)NC(=O)[C@H](CC(C)C)NC(=O)[C@H](CO)NC(=O)[C@H](CO)NC(=O)[C@H](C)NC(C)C)C(=O)N[C@@H](C)C(=O)N[C@@H](CCCCNC(=S)Nc1ccc(-c2c3ccc(=O)cc-3oc3cc(O)ccc23)c(C(=O)O)c1)C(=O)O. The van der Waals surface area contributed by atoms with Gasteiger partial charge in [0.05, 0.1) is 31.2 Å². The minimum absolute atomic E-state index is 0.0554. The van der Waals surface area contributed by atoms with Gasteiger partial charge in [0.2, 0.25) is 47.3 Å². The molecule has 8 amide bonds. The van der Waals surface area contributed by atoms with Crippen molar-refractivity contribution in [3.8, 4) is 28.2 Å². The Morgan fingerprint density at radius 1 is 0.632 bits per heavy atom. The van der Waals surface area contributed by atoms with Crippen LogP contribution < -0.4 is 64.3 Å². The van der Waals surface area contributed by atoms with Crippen LogP contribution in [0.5, 0.6) is 5.75 Å². The normalized spacial score (nSPS) is 14.4. The molecule has 0 bridgehead atoms. The number of primary amides is 1. The summed E-state index contributed by atoms with van der Waals surface area (Å²) < 4.78 is 5.89. The monoisotopic (exact) mass is 1230 g/mol. The largest absolute Gasteiger partial charge is 0.508 e. The molecule has 0 unspecified atom stereocenters. The molecule has 1 aliphatic heterocycles. The van der Waals surface area contributed by atoms with Crippen molar-refractivity contribution in [3.05, 3.63) is 70.4 Å². The topological polar surface area (TPSA) is 448 Å². The Hall–Kier alpha value is -8.80. The molecule has 87 heavy (non-hydrogen) atoms. The number of carboxylic acid groups (broad SMARTS) is 2. The number of aliphatic carboxylic acids is 1. The number of benzene rings is 3. The van der Waals surface area contributed by atoms with Crippen LogP contribution in [-0.4, -0.2) is 164 Å². The lowest BCUT2D eigenvalue weighted by Gasteiger charge is -2.29. The number of carboxylic acids is 2. The molecule has 2 aromatic rings. The second kappa shape index (κ2) is 33.2. The van der Waals surface area contributed by atoms with Gasteiger partial charge in [0, 0.05) is 46.9 Å². The second-order valence-corrected chi connectivity index (χ2v) is 22.1. The average molecular weight is 1230 g/mol. The molecule has 28 nitrogen and oxygen atoms in total. The Morgan fingerprint density at radius 3 is 1.79 bits per heavy atom. The van der Waals surface area contributed by atoms with Crippen LogP contribution in [-0.2, 0) is 43.2 Å². The number of carbonyl (C=O) groups is 10. The molecule has 1 aliphatic carbocycles. The predicted molar refractivity (Wildman–Crippen MR) is 323 cm³/mol. The summed E-state index contributed by atoms with van der Waals surface area (Å²) in [5, 5.41) is 76.7. The van der Waals surface area contributed by atoms with E-state index in [0.29, 0.717) is 34.2 Å². The molecule has 1 heterocycles. The second-order valence-electron chi connectivity index (χ2n) is 21.7. The zero-order valence-corrected chi connectivity index (χ0v) is 50.3. The number of aliphatic hydroxyl groups is 2. The number of aromatic carboxylic acids is 1. The Bertz CT molecular complexity index is 3190. The van der Waals surface area contributed by atoms with E-state index < -0.39 is 133 Å². The third kappa shape index (κ3) is 21.0. The van der Waals surface area contributed by atoms with Gasteiger partial charge in [-0.05, 0) is 106 Å². The highest BCUT2D eigenvalue weighted by Gasteiger charge is 2.36. The number of hydrogen-bond acceptors (Lipinski definition) is 17. The van der Waals surface area contributed by atoms with Gasteiger partial charge in [-0.3, -0.25) is 43.2 Å². The molecule has 0 radical (unpaired) electrons. The van der Waals surface area contributed by atoms with Gasteiger partial charge in [-0.25, -0.2) is 9.59 Å². The van der Waals surface area contributed by atoms with Gasteiger partial charge < -0.3 is 88.9 Å². The van der Waals surface area contributed by atoms with Crippen molar-refractivity contribution < 1.29 is 77.9 Å². The Labute approximate surface area is 506 Å². The van der Waals surface area contributed by atoms with Gasteiger partial charge in [-0.15, -0.1) is 0 Å². The van der Waals surface area contributed by atoms with E-state index in [9.17, 15) is 78.3 Å². The van der Waals surface area contributed by atoms with Crippen molar-refractivity contribution in [1.29, 1.82) is 0 Å². The maximum absolute atomic E-state index is 13.9. The molecule has 474 valence electrons. The molecule has 2 aromatic carbocycles. The number of nitrogens with one attached hydrogen (secondary N) is 10. The molecule has 0 spiro atoms. The summed E-state index contributed by atoms with van der Waals surface area (Å²) in [4.78, 5) is 144. The number of carbonyl (C=O) groups excluding carboxylic acids is 8. The molecule has 0 fully saturated rings. The van der Waals surface area contributed by atoms with E-state index in [1.54, 1.807) is 59.7 Å². The number of amides is 8. The lowest BCUT2D eigenvalue weighted by Crippen LogP contribution is -2.61. The van der Waals surface area contributed by atoms with Crippen LogP contribution in [0.1, 0.15) is 104 Å². The third-order valence-electron chi connectivity index (χ3n) is 13.8. The molecule has 4 rings (SSSR count). The zero-order valence-electron chi connectivity index (χ0n) is 49.5. The number of nitrogens with two attached hydrogens (primary N) is 1. The van der Waals surface area contributed by atoms with E-state index >= 15 is 0 Å². The smallest absolute Gasteiger partial charge is 0.336 e. The van der Waals surface area contributed by atoms with Crippen molar-refractivity contribution >= 4 is 93.2 Å². The number of phenolic OH excluding ortho intramolecular Hbond substituents is 1. The minimum Gasteiger partial charge on any atom is -0.508 e. The number of unbranched alkanes of at least 4 members (excludes halogenated alkanes) is 1. The molecular formula is C58H79N11O17S. The van der Waals surface area contributed by atoms with Crippen molar-refractivity contribution in [3.63, 3.8) is 0 Å². The number of rotatable bonds is 33. The number of aliphatic hydroxyl groups excluding tert-OH is 2. The summed E-state index contributed by atoms with van der Waals surface area (Å²) in [5.74, 6) is -11.1. The Kier molecular flexibility index (Phi) is 27.0. The third-order valence-corrected chi connectivity index (χ3v) is 14.1. The first kappa shape index (κ1) is 70.7. The van der Waals surface area contributed by atoms with Crippen molar-refractivity contribution in [2.75, 3.05) is 25.1 Å². The van der Waals surface area contributed by atoms with Crippen LogP contribution >= 0.6 is 12.2 Å². The van der Waals surface area contributed by atoms with E-state index in [-0.39, 0.29) is 77.4 Å². The fourth-order valence-electron chi connectivity index (χ4n) is 9.09. The number of aromatic hydroxyl groups is 1. The van der Waals surface area contributed by atoms with Crippen LogP contribution in [0.4, 0.5) is 5.69 Å². The van der Waals surface area contributed by atoms with E-state index in [2.05, 4.69) is 53.2 Å². The highest BCUT2D eigenvalue weighted by Crippen LogP contribution is 2.42. The number of thiocarbonyl (C=S) groups is 1. The molecule has 0 saturated heterocycles. The Balaban J connectivity index is 1.34. The first-order valence-corrected chi connectivity index (χ1v) is 28.6. The fourth-order valence-corrected chi connectivity index (χ4v) is 9.31. The van der Waals surface area contributed by atoms with Crippen LogP contribution in [0.15, 0.2) is 63.8 Å². The number of hydrogen-bond donors (Lipinski definition) is 16. The van der Waals surface area contributed by atoms with E-state index in [4.69, 9.17) is 22.4 Å². The maximum Gasteiger partial charge on any atom is 0.336 e. The summed E-state index contributed by atoms with van der Waals surface area (Å²) in [5.41, 5.74) is 6.76. The number of fused-ring (bicyclic) bond motifs is 2. The first-order valence-electron chi connectivity index (χ1n) is 28.2. The van der Waals surface area contributed by atoms with Crippen molar-refractivity contribution in [2.24, 2.45) is 17.6 Å². The summed E-state index contributed by atoms with van der Waals surface area (Å²) in [7, 11) is 0. The first-order chi connectivity index (χ1) is 41.0. The van der Waals surface area contributed by atoms with Gasteiger partial charge in [0.1, 0.15) is 59.4 Å². The van der Waals surface area contributed by atoms with E-state index in [1.807, 2.05) is 0 Å². The highest BCUT2D eigenvalue weighted by molar-refractivity contribution is 7.80. The summed E-state index contributed by atoms with van der Waals surface area (Å²) in [6, 6.07) is 1.63. The van der Waals surface area contributed by atoms with E-state index in [0.717, 1.165) is 0 Å². The number of phenols is 1. The Morgan fingerprint density at radius 2 is 1.21 bits per heavy atom. The average Bonchev–Trinajstić information content (AvgIpc) is 0.869. The maximum atomic E-state index is 13.9. The van der Waals surface area contributed by atoms with Crippen LogP contribution in [0, 0.1) is 11.8 Å². The lowest BCUT2D eigenvalue weighted by atomic mass is 9.90. The quantitative estimate of drug-likeness (QED) is 0.0173. The molecule has 9 atom stereocenters. The molecule has 0 saturated carbocycles. The van der Waals surface area contributed by atoms with Crippen LogP contribution in [0.3, 0.4) is 0 Å². The van der Waals surface area contributed by atoms with Gasteiger partial charge >= 0.3 is 11.9 Å². The summed E-state index contributed by atoms with van der Waals surface area (Å²) in [6.07, 6.45) is -0.0181. The molecule has 29 heteroatoms. The molecule has 17 N–H and O–H groups in total. The van der Waals surface area contributed by atoms with Crippen LogP contribution in [0.2, 0.25) is 0 Å².